The summed E-state index contributed by atoms with van der Waals surface area (Å²) in [6.07, 6.45) is 2.42. The fraction of sp³-hybridized carbons (Fsp3) is 0.375. The van der Waals surface area contributed by atoms with E-state index in [0.29, 0.717) is 5.56 Å². The highest BCUT2D eigenvalue weighted by Gasteiger charge is 2.37. The van der Waals surface area contributed by atoms with E-state index < -0.39 is 0 Å². The summed E-state index contributed by atoms with van der Waals surface area (Å²) < 4.78 is 4.78. The van der Waals surface area contributed by atoms with Gasteiger partial charge in [-0.3, -0.25) is 0 Å². The van der Waals surface area contributed by atoms with Crippen LogP contribution < -0.4 is 0 Å². The largest absolute Gasteiger partial charge is 0.465 e. The van der Waals surface area contributed by atoms with E-state index in [0.717, 1.165) is 11.3 Å². The normalized spacial score (nSPS) is 17.5. The molecule has 27 heavy (non-hydrogen) atoms. The maximum atomic E-state index is 11.6. The maximum absolute atomic E-state index is 11.6. The zero-order valence-electron chi connectivity index (χ0n) is 16.8. The molecule has 3 nitrogen and oxygen atoms in total. The fourth-order valence-electron chi connectivity index (χ4n) is 4.25. The molecule has 0 saturated heterocycles. The Kier molecular flexibility index (Phi) is 3.95. The minimum absolute atomic E-state index is 0.201. The van der Waals surface area contributed by atoms with Gasteiger partial charge in [-0.1, -0.05) is 39.8 Å². The lowest BCUT2D eigenvalue weighted by Crippen LogP contribution is -2.33. The van der Waals surface area contributed by atoms with Gasteiger partial charge in [-0.05, 0) is 70.7 Å². The van der Waals surface area contributed by atoms with Gasteiger partial charge in [0.15, 0.2) is 0 Å². The topological polar surface area (TPSA) is 42.1 Å². The van der Waals surface area contributed by atoms with E-state index in [-0.39, 0.29) is 16.8 Å². The Hall–Kier alpha value is -2.55. The molecule has 140 valence electrons. The summed E-state index contributed by atoms with van der Waals surface area (Å²) in [7, 11) is 1.40. The van der Waals surface area contributed by atoms with Gasteiger partial charge in [0, 0.05) is 16.6 Å². The van der Waals surface area contributed by atoms with Gasteiger partial charge in [-0.15, -0.1) is 0 Å². The van der Waals surface area contributed by atoms with E-state index >= 15 is 0 Å². The van der Waals surface area contributed by atoms with Gasteiger partial charge in [0.1, 0.15) is 0 Å². The molecule has 0 amide bonds. The first-order chi connectivity index (χ1) is 12.7. The zero-order chi connectivity index (χ0) is 19.4. The van der Waals surface area contributed by atoms with Crippen LogP contribution in [0.15, 0.2) is 42.5 Å². The monoisotopic (exact) mass is 361 g/mol. The number of aromatic nitrogens is 1. The highest BCUT2D eigenvalue weighted by Crippen LogP contribution is 2.47. The van der Waals surface area contributed by atoms with Crippen LogP contribution >= 0.6 is 0 Å². The number of hydrogen-bond acceptors (Lipinski definition) is 2. The SMILES string of the molecule is COC(=O)c1ccc(-c2cc3cc4c(cc3[nH]2)C(C)(C)CCC4(C)C)cc1. The molecule has 1 aliphatic carbocycles. The van der Waals surface area contributed by atoms with Crippen LogP contribution in [0.3, 0.4) is 0 Å². The van der Waals surface area contributed by atoms with Crippen molar-refractivity contribution in [2.75, 3.05) is 7.11 Å². The molecule has 0 spiro atoms. The molecule has 0 bridgehead atoms. The third-order valence-electron chi connectivity index (χ3n) is 6.21. The molecule has 3 aromatic rings. The summed E-state index contributed by atoms with van der Waals surface area (Å²) in [6.45, 7) is 9.41. The van der Waals surface area contributed by atoms with Crippen molar-refractivity contribution in [1.82, 2.24) is 4.98 Å². The molecule has 2 aromatic carbocycles. The second-order valence-electron chi connectivity index (χ2n) is 9.00. The number of esters is 1. The summed E-state index contributed by atoms with van der Waals surface area (Å²) in [5.41, 5.74) is 7.21. The number of benzene rings is 2. The Balaban J connectivity index is 1.80. The lowest BCUT2D eigenvalue weighted by Gasteiger charge is -2.41. The summed E-state index contributed by atoms with van der Waals surface area (Å²) in [5.74, 6) is -0.310. The Morgan fingerprint density at radius 2 is 1.52 bits per heavy atom. The molecule has 1 aliphatic rings. The Bertz CT molecular complexity index is 969. The Morgan fingerprint density at radius 3 is 2.11 bits per heavy atom. The number of ether oxygens (including phenoxy) is 1. The number of H-pyrrole nitrogens is 1. The predicted octanol–water partition coefficient (Wildman–Crippen LogP) is 5.97. The van der Waals surface area contributed by atoms with Gasteiger partial charge in [0.2, 0.25) is 0 Å². The Labute approximate surface area is 160 Å². The van der Waals surface area contributed by atoms with Gasteiger partial charge >= 0.3 is 5.97 Å². The number of fused-ring (bicyclic) bond motifs is 2. The molecular weight excluding hydrogens is 334 g/mol. The fourth-order valence-corrected chi connectivity index (χ4v) is 4.25. The highest BCUT2D eigenvalue weighted by atomic mass is 16.5. The molecule has 0 fully saturated rings. The first kappa shape index (κ1) is 17.8. The number of aromatic amines is 1. The number of hydrogen-bond donors (Lipinski definition) is 1. The summed E-state index contributed by atoms with van der Waals surface area (Å²) >= 11 is 0. The highest BCUT2D eigenvalue weighted by molar-refractivity contribution is 5.91. The van der Waals surface area contributed by atoms with Crippen molar-refractivity contribution >= 4 is 16.9 Å². The van der Waals surface area contributed by atoms with E-state index in [2.05, 4.69) is 50.9 Å². The standard InChI is InChI=1S/C24H27NO2/c1-23(2)10-11-24(3,4)19-14-21-17(12-18(19)23)13-20(25-21)15-6-8-16(9-7-15)22(26)27-5/h6-9,12-14,25H,10-11H2,1-5H3. The van der Waals surface area contributed by atoms with E-state index in [1.54, 1.807) is 0 Å². The van der Waals surface area contributed by atoms with E-state index in [9.17, 15) is 4.79 Å². The number of carbonyl (C=O) groups excluding carboxylic acids is 1. The van der Waals surface area contributed by atoms with Crippen molar-refractivity contribution in [2.45, 2.75) is 51.4 Å². The van der Waals surface area contributed by atoms with Crippen LogP contribution in [-0.4, -0.2) is 18.1 Å². The first-order valence-electron chi connectivity index (χ1n) is 9.58. The lowest BCUT2D eigenvalue weighted by atomic mass is 9.63. The lowest BCUT2D eigenvalue weighted by molar-refractivity contribution is 0.0601. The molecule has 0 saturated carbocycles. The number of nitrogens with one attached hydrogen (secondary N) is 1. The minimum atomic E-state index is -0.310. The van der Waals surface area contributed by atoms with Gasteiger partial charge < -0.3 is 9.72 Å². The minimum Gasteiger partial charge on any atom is -0.465 e. The summed E-state index contributed by atoms with van der Waals surface area (Å²) in [4.78, 5) is 15.2. The second kappa shape index (κ2) is 5.98. The van der Waals surface area contributed by atoms with Crippen LogP contribution in [0.25, 0.3) is 22.2 Å². The van der Waals surface area contributed by atoms with E-state index in [4.69, 9.17) is 4.74 Å². The van der Waals surface area contributed by atoms with Crippen LogP contribution in [0, 0.1) is 0 Å². The van der Waals surface area contributed by atoms with Gasteiger partial charge in [0.05, 0.1) is 12.7 Å². The molecule has 1 N–H and O–H groups in total. The second-order valence-corrected chi connectivity index (χ2v) is 9.00. The molecule has 0 unspecified atom stereocenters. The number of methoxy groups -OCH3 is 1. The van der Waals surface area contributed by atoms with Crippen molar-refractivity contribution in [2.24, 2.45) is 0 Å². The third kappa shape index (κ3) is 2.95. The van der Waals surface area contributed by atoms with E-state index in [1.807, 2.05) is 24.3 Å². The molecule has 0 radical (unpaired) electrons. The van der Waals surface area contributed by atoms with Gasteiger partial charge in [0.25, 0.3) is 0 Å². The molecular formula is C24H27NO2. The summed E-state index contributed by atoms with van der Waals surface area (Å²) in [6, 6.07) is 14.5. The van der Waals surface area contributed by atoms with Gasteiger partial charge in [-0.25, -0.2) is 4.79 Å². The van der Waals surface area contributed by atoms with Crippen LogP contribution in [0.1, 0.15) is 62.0 Å². The van der Waals surface area contributed by atoms with Crippen LogP contribution in [0.2, 0.25) is 0 Å². The Morgan fingerprint density at radius 1 is 0.926 bits per heavy atom. The smallest absolute Gasteiger partial charge is 0.337 e. The molecule has 4 rings (SSSR count). The molecule has 0 aliphatic heterocycles. The predicted molar refractivity (Wildman–Crippen MR) is 110 cm³/mol. The average molecular weight is 361 g/mol. The zero-order valence-corrected chi connectivity index (χ0v) is 16.8. The third-order valence-corrected chi connectivity index (χ3v) is 6.21. The summed E-state index contributed by atoms with van der Waals surface area (Å²) in [5, 5.41) is 1.24. The van der Waals surface area contributed by atoms with Crippen molar-refractivity contribution < 1.29 is 9.53 Å². The van der Waals surface area contributed by atoms with Gasteiger partial charge in [-0.2, -0.15) is 0 Å². The first-order valence-corrected chi connectivity index (χ1v) is 9.58. The van der Waals surface area contributed by atoms with Crippen molar-refractivity contribution in [1.29, 1.82) is 0 Å². The molecule has 0 atom stereocenters. The molecule has 3 heteroatoms. The quantitative estimate of drug-likeness (QED) is 0.571. The van der Waals surface area contributed by atoms with E-state index in [1.165, 1.54) is 42.0 Å². The van der Waals surface area contributed by atoms with Crippen LogP contribution in [0.5, 0.6) is 0 Å². The van der Waals surface area contributed by atoms with Crippen LogP contribution in [-0.2, 0) is 15.6 Å². The van der Waals surface area contributed by atoms with Crippen molar-refractivity contribution in [3.8, 4) is 11.3 Å². The van der Waals surface area contributed by atoms with Crippen LogP contribution in [0.4, 0.5) is 0 Å². The average Bonchev–Trinajstić information content (AvgIpc) is 3.07. The number of rotatable bonds is 2. The number of carbonyl (C=O) groups is 1. The maximum Gasteiger partial charge on any atom is 0.337 e. The van der Waals surface area contributed by atoms with Crippen molar-refractivity contribution in [3.05, 3.63) is 59.2 Å². The van der Waals surface area contributed by atoms with Crippen molar-refractivity contribution in [3.63, 3.8) is 0 Å². The molecule has 1 aromatic heterocycles. The molecule has 1 heterocycles.